The second-order valence-electron chi connectivity index (χ2n) is 3.28. The van der Waals surface area contributed by atoms with Crippen molar-refractivity contribution in [2.24, 2.45) is 4.99 Å². The Morgan fingerprint density at radius 2 is 2.24 bits per heavy atom. The number of halogens is 4. The second-order valence-corrected chi connectivity index (χ2v) is 3.69. The lowest BCUT2D eigenvalue weighted by Crippen LogP contribution is -2.48. The molecular formula is C8H5ClF3N3O2+. The van der Waals surface area contributed by atoms with Crippen molar-refractivity contribution in [1.29, 1.82) is 0 Å². The van der Waals surface area contributed by atoms with Crippen LogP contribution in [0.2, 0.25) is 0 Å². The molecule has 0 amide bonds. The SMILES string of the molecule is O=C(O)C1=C[N+]2CN(C(F)(F)F)C=C(Cl)C2=N1. The number of carboxylic acids is 1. The number of carbonyl (C=O) groups is 1. The van der Waals surface area contributed by atoms with Crippen LogP contribution < -0.4 is 4.90 Å². The molecule has 1 N–H and O–H groups in total. The highest BCUT2D eigenvalue weighted by atomic mass is 35.5. The third kappa shape index (κ3) is 2.13. The highest BCUT2D eigenvalue weighted by Gasteiger charge is 2.47. The summed E-state index contributed by atoms with van der Waals surface area (Å²) in [6.07, 6.45) is -2.90. The summed E-state index contributed by atoms with van der Waals surface area (Å²) in [5, 5.41) is 8.41. The van der Waals surface area contributed by atoms with Gasteiger partial charge in [-0.3, -0.25) is 0 Å². The minimum absolute atomic E-state index is 0.00423. The summed E-state index contributed by atoms with van der Waals surface area (Å²) in [6, 6.07) is 0. The molecule has 0 bridgehead atoms. The monoisotopic (exact) mass is 267 g/mol. The van der Waals surface area contributed by atoms with Crippen molar-refractivity contribution >= 4 is 23.4 Å². The van der Waals surface area contributed by atoms with E-state index >= 15 is 0 Å². The molecule has 0 aliphatic carbocycles. The average Bonchev–Trinajstić information content (AvgIpc) is 2.60. The molecule has 0 fully saturated rings. The van der Waals surface area contributed by atoms with Gasteiger partial charge in [0.25, 0.3) is 0 Å². The van der Waals surface area contributed by atoms with Crippen molar-refractivity contribution < 1.29 is 23.1 Å². The van der Waals surface area contributed by atoms with Crippen molar-refractivity contribution in [2.45, 2.75) is 6.30 Å². The zero-order valence-electron chi connectivity index (χ0n) is 8.07. The zero-order valence-corrected chi connectivity index (χ0v) is 8.83. The number of nitrogens with zero attached hydrogens (tertiary/aromatic N) is 3. The summed E-state index contributed by atoms with van der Waals surface area (Å²) < 4.78 is 37.3. The first-order chi connectivity index (χ1) is 7.79. The zero-order chi connectivity index (χ0) is 12.8. The van der Waals surface area contributed by atoms with Gasteiger partial charge in [-0.1, -0.05) is 16.5 Å². The standard InChI is InChI=1S/C8H5ClF3N3O2/c9-4-1-15(8(10,11)12)3-14-2-5(7(16)17)13-6(4)14/h1-2H,3H2,(H,16,17)/q+1. The molecule has 17 heavy (non-hydrogen) atoms. The number of aliphatic carboxylic acids is 1. The number of rotatable bonds is 1. The molecule has 91 valence electrons. The molecule has 2 rings (SSSR count). The molecule has 0 aromatic heterocycles. The van der Waals surface area contributed by atoms with Gasteiger partial charge in [-0.25, -0.2) is 9.69 Å². The first-order valence-corrected chi connectivity index (χ1v) is 4.68. The van der Waals surface area contributed by atoms with Gasteiger partial charge < -0.3 is 5.11 Å². The van der Waals surface area contributed by atoms with Crippen molar-refractivity contribution in [2.75, 3.05) is 6.67 Å². The lowest BCUT2D eigenvalue weighted by molar-refractivity contribution is -0.230. The van der Waals surface area contributed by atoms with Crippen LogP contribution in [0.25, 0.3) is 0 Å². The molecule has 0 aromatic carbocycles. The van der Waals surface area contributed by atoms with E-state index in [1.54, 1.807) is 0 Å². The molecule has 0 aromatic rings. The van der Waals surface area contributed by atoms with E-state index in [-0.39, 0.29) is 21.5 Å². The van der Waals surface area contributed by atoms with E-state index < -0.39 is 18.9 Å². The summed E-state index contributed by atoms with van der Waals surface area (Å²) >= 11 is 5.61. The Balaban J connectivity index is 2.32. The molecule has 1 radical (unpaired) electrons. The third-order valence-corrected chi connectivity index (χ3v) is 2.38. The highest BCUT2D eigenvalue weighted by Crippen LogP contribution is 2.29. The van der Waals surface area contributed by atoms with Crippen molar-refractivity contribution in [3.8, 4) is 0 Å². The number of hydrogen-bond donors (Lipinski definition) is 1. The van der Waals surface area contributed by atoms with Gasteiger partial charge in [-0.05, 0) is 0 Å². The molecule has 0 saturated carbocycles. The quantitative estimate of drug-likeness (QED) is 0.576. The second kappa shape index (κ2) is 3.74. The number of carboxylic acid groups (broad SMARTS) is 1. The van der Waals surface area contributed by atoms with Crippen molar-refractivity contribution in [3.63, 3.8) is 0 Å². The molecule has 2 aliphatic heterocycles. The smallest absolute Gasteiger partial charge is 0.476 e. The largest absolute Gasteiger partial charge is 0.488 e. The number of fused-ring (bicyclic) bond motifs is 1. The van der Waals surface area contributed by atoms with Crippen LogP contribution in [0.3, 0.4) is 0 Å². The maximum absolute atomic E-state index is 12.4. The fourth-order valence-electron chi connectivity index (χ4n) is 1.37. The van der Waals surface area contributed by atoms with E-state index in [4.69, 9.17) is 16.7 Å². The Hall–Kier alpha value is -1.54. The highest BCUT2D eigenvalue weighted by molar-refractivity contribution is 6.44. The first kappa shape index (κ1) is 11.9. The summed E-state index contributed by atoms with van der Waals surface area (Å²) in [7, 11) is 0. The van der Waals surface area contributed by atoms with Crippen LogP contribution in [-0.2, 0) is 4.79 Å². The number of amidine groups is 1. The molecule has 0 saturated heterocycles. The van der Waals surface area contributed by atoms with E-state index in [2.05, 4.69) is 4.99 Å². The molecule has 5 nitrogen and oxygen atoms in total. The predicted molar refractivity (Wildman–Crippen MR) is 52.0 cm³/mol. The van der Waals surface area contributed by atoms with Crippen LogP contribution in [0.15, 0.2) is 28.1 Å². The Bertz CT molecular complexity index is 469. The van der Waals surface area contributed by atoms with E-state index in [1.807, 2.05) is 0 Å². The van der Waals surface area contributed by atoms with Crippen LogP contribution in [0.5, 0.6) is 0 Å². The van der Waals surface area contributed by atoms with Gasteiger partial charge in [0.1, 0.15) is 5.03 Å². The summed E-state index contributed by atoms with van der Waals surface area (Å²) in [4.78, 5) is 15.3. The van der Waals surface area contributed by atoms with Crippen LogP contribution in [0.4, 0.5) is 13.2 Å². The lowest BCUT2D eigenvalue weighted by Gasteiger charge is -2.25. The number of aliphatic imine (C=N–C) groups is 1. The predicted octanol–water partition coefficient (Wildman–Crippen LogP) is 1.34. The van der Waals surface area contributed by atoms with Crippen LogP contribution in [-0.4, -0.2) is 34.8 Å². The van der Waals surface area contributed by atoms with Crippen molar-refractivity contribution in [1.82, 2.24) is 9.80 Å². The number of hydrogen-bond acceptors (Lipinski definition) is 4. The molecule has 2 aliphatic rings. The number of alkyl halides is 3. The first-order valence-electron chi connectivity index (χ1n) is 4.30. The molecule has 0 spiro atoms. The van der Waals surface area contributed by atoms with Gasteiger partial charge in [0, 0.05) is 6.20 Å². The maximum Gasteiger partial charge on any atom is 0.488 e. The van der Waals surface area contributed by atoms with Gasteiger partial charge in [-0.2, -0.15) is 4.99 Å². The van der Waals surface area contributed by atoms with E-state index in [9.17, 15) is 18.0 Å². The summed E-state index contributed by atoms with van der Waals surface area (Å²) in [6.45, 7) is -0.574. The van der Waals surface area contributed by atoms with E-state index in [0.717, 1.165) is 11.1 Å². The topological polar surface area (TPSA) is 58.8 Å². The normalized spacial score (nSPS) is 20.7. The third-order valence-electron chi connectivity index (χ3n) is 2.11. The van der Waals surface area contributed by atoms with E-state index in [0.29, 0.717) is 6.20 Å². The van der Waals surface area contributed by atoms with Crippen molar-refractivity contribution in [3.05, 3.63) is 23.1 Å². The Kier molecular flexibility index (Phi) is 2.63. The fourth-order valence-corrected chi connectivity index (χ4v) is 1.64. The van der Waals surface area contributed by atoms with Crippen LogP contribution in [0.1, 0.15) is 0 Å². The Morgan fingerprint density at radius 1 is 1.59 bits per heavy atom. The molecule has 0 unspecified atom stereocenters. The summed E-state index contributed by atoms with van der Waals surface area (Å²) in [5.74, 6) is -1.32. The van der Waals surface area contributed by atoms with Gasteiger partial charge in [0.05, 0.1) is 0 Å². The van der Waals surface area contributed by atoms with Crippen LogP contribution >= 0.6 is 11.6 Å². The Labute approximate surface area is 98.1 Å². The van der Waals surface area contributed by atoms with Gasteiger partial charge in [-0.15, -0.1) is 13.2 Å². The molecular weight excluding hydrogens is 263 g/mol. The van der Waals surface area contributed by atoms with Crippen LogP contribution in [0, 0.1) is 0 Å². The minimum Gasteiger partial charge on any atom is -0.476 e. The minimum atomic E-state index is -4.58. The average molecular weight is 268 g/mol. The fraction of sp³-hybridized carbons (Fsp3) is 0.250. The van der Waals surface area contributed by atoms with Gasteiger partial charge in [0.15, 0.2) is 6.20 Å². The maximum atomic E-state index is 12.4. The van der Waals surface area contributed by atoms with Gasteiger partial charge >= 0.3 is 18.1 Å². The molecule has 2 heterocycles. The summed E-state index contributed by atoms with van der Waals surface area (Å²) in [5.41, 5.74) is -0.351. The van der Waals surface area contributed by atoms with Gasteiger partial charge in [0.2, 0.25) is 12.4 Å². The molecule has 9 heteroatoms. The molecule has 0 atom stereocenters. The Morgan fingerprint density at radius 3 is 2.76 bits per heavy atom. The van der Waals surface area contributed by atoms with E-state index in [1.165, 1.54) is 0 Å². The lowest BCUT2D eigenvalue weighted by atomic mass is 10.4.